The summed E-state index contributed by atoms with van der Waals surface area (Å²) in [5, 5.41) is 6.77. The van der Waals surface area contributed by atoms with Gasteiger partial charge in [-0.15, -0.1) is 0 Å². The van der Waals surface area contributed by atoms with Crippen molar-refractivity contribution in [2.45, 2.75) is 11.3 Å². The Hall–Kier alpha value is -3.34. The third kappa shape index (κ3) is 3.68. The van der Waals surface area contributed by atoms with E-state index in [9.17, 15) is 21.6 Å². The van der Waals surface area contributed by atoms with Crippen molar-refractivity contribution in [2.24, 2.45) is 0 Å². The summed E-state index contributed by atoms with van der Waals surface area (Å²) in [7, 11) is -3.68. The van der Waals surface area contributed by atoms with E-state index in [4.69, 9.17) is 0 Å². The maximum absolute atomic E-state index is 13.2. The van der Waals surface area contributed by atoms with E-state index in [1.165, 1.54) is 30.6 Å². The number of nitrogens with one attached hydrogen (secondary N) is 1. The predicted octanol–water partition coefficient (Wildman–Crippen LogP) is 3.50. The van der Waals surface area contributed by atoms with E-state index < -0.39 is 26.7 Å². The topological polar surface area (TPSA) is 101 Å². The molecule has 0 radical (unpaired) electrons. The first-order valence-electron chi connectivity index (χ1n) is 8.18. The van der Waals surface area contributed by atoms with Crippen LogP contribution < -0.4 is 0 Å². The fourth-order valence-corrected chi connectivity index (χ4v) is 3.32. The highest BCUT2D eigenvalue weighted by Crippen LogP contribution is 2.36. The van der Waals surface area contributed by atoms with Crippen LogP contribution in [0.15, 0.2) is 53.9 Å². The first kappa shape index (κ1) is 19.0. The molecule has 3 aromatic heterocycles. The molecule has 0 aliphatic carbocycles. The zero-order valence-corrected chi connectivity index (χ0v) is 15.6. The largest absolute Gasteiger partial charge is 0.416 e. The minimum Gasteiger partial charge on any atom is -0.261 e. The lowest BCUT2D eigenvalue weighted by atomic mass is 10.0. The molecule has 0 unspecified atom stereocenters. The molecular weight excluding hydrogens is 407 g/mol. The second-order valence-corrected chi connectivity index (χ2v) is 8.18. The van der Waals surface area contributed by atoms with Crippen LogP contribution >= 0.6 is 0 Å². The van der Waals surface area contributed by atoms with Crippen molar-refractivity contribution >= 4 is 20.9 Å². The Morgan fingerprint density at radius 3 is 2.59 bits per heavy atom. The summed E-state index contributed by atoms with van der Waals surface area (Å²) < 4.78 is 63.1. The van der Waals surface area contributed by atoms with Crippen LogP contribution in [0, 0.1) is 0 Å². The average Bonchev–Trinajstić information content (AvgIpc) is 3.13. The third-order valence-electron chi connectivity index (χ3n) is 4.13. The Morgan fingerprint density at radius 2 is 1.86 bits per heavy atom. The number of hydrogen-bond acceptors (Lipinski definition) is 6. The number of aromatic nitrogens is 5. The van der Waals surface area contributed by atoms with Crippen molar-refractivity contribution in [1.82, 2.24) is 25.1 Å². The molecule has 7 nitrogen and oxygen atoms in total. The lowest BCUT2D eigenvalue weighted by molar-refractivity contribution is -0.137. The number of alkyl halides is 3. The molecular formula is C18H12F3N5O2S. The lowest BCUT2D eigenvalue weighted by Crippen LogP contribution is -2.06. The molecule has 3 heterocycles. The van der Waals surface area contributed by atoms with Gasteiger partial charge in [0.25, 0.3) is 0 Å². The van der Waals surface area contributed by atoms with Gasteiger partial charge in [-0.3, -0.25) is 5.10 Å². The van der Waals surface area contributed by atoms with Gasteiger partial charge in [0, 0.05) is 29.0 Å². The molecule has 0 fully saturated rings. The second kappa shape index (κ2) is 6.62. The van der Waals surface area contributed by atoms with Crippen molar-refractivity contribution < 1.29 is 21.6 Å². The molecule has 0 amide bonds. The van der Waals surface area contributed by atoms with Gasteiger partial charge in [-0.2, -0.15) is 18.3 Å². The minimum absolute atomic E-state index is 0.200. The molecule has 1 aromatic carbocycles. The standard InChI is InChI=1S/C18H12F3N5O2S/c1-29(27,28)17-22-6-5-14(24-17)13-8-11-9-23-26-16(11)25-15(13)10-3-2-4-12(7-10)18(19,20)21/h2-9H,1H3,(H,23,25,26). The van der Waals surface area contributed by atoms with Gasteiger partial charge in [-0.25, -0.2) is 23.4 Å². The number of H-pyrrole nitrogens is 1. The molecule has 11 heteroatoms. The molecule has 4 aromatic rings. The highest BCUT2D eigenvalue weighted by Gasteiger charge is 2.31. The number of sulfone groups is 1. The van der Waals surface area contributed by atoms with E-state index in [0.717, 1.165) is 18.4 Å². The SMILES string of the molecule is CS(=O)(=O)c1nccc(-c2cc3cn[nH]c3nc2-c2cccc(C(F)(F)F)c2)n1. The molecule has 1 N–H and O–H groups in total. The summed E-state index contributed by atoms with van der Waals surface area (Å²) in [6, 6.07) is 7.81. The number of hydrogen-bond donors (Lipinski definition) is 1. The zero-order valence-electron chi connectivity index (χ0n) is 14.8. The number of halogens is 3. The highest BCUT2D eigenvalue weighted by atomic mass is 32.2. The zero-order chi connectivity index (χ0) is 20.8. The summed E-state index contributed by atoms with van der Waals surface area (Å²) in [5.74, 6) is 0. The van der Waals surface area contributed by atoms with Gasteiger partial charge >= 0.3 is 6.18 Å². The molecule has 0 aliphatic heterocycles. The van der Waals surface area contributed by atoms with E-state index in [0.29, 0.717) is 16.6 Å². The molecule has 0 atom stereocenters. The number of aromatic amines is 1. The minimum atomic E-state index is -4.52. The highest BCUT2D eigenvalue weighted by molar-refractivity contribution is 7.90. The van der Waals surface area contributed by atoms with Gasteiger partial charge in [0.05, 0.1) is 23.1 Å². The maximum Gasteiger partial charge on any atom is 0.416 e. The van der Waals surface area contributed by atoms with Gasteiger partial charge in [-0.1, -0.05) is 12.1 Å². The summed E-state index contributed by atoms with van der Waals surface area (Å²) >= 11 is 0. The fraction of sp³-hybridized carbons (Fsp3) is 0.111. The van der Waals surface area contributed by atoms with Crippen LogP contribution in [0.1, 0.15) is 5.56 Å². The van der Waals surface area contributed by atoms with Crippen molar-refractivity contribution in [2.75, 3.05) is 6.26 Å². The average molecular weight is 419 g/mol. The van der Waals surface area contributed by atoms with Crippen LogP contribution in [-0.4, -0.2) is 39.8 Å². The monoisotopic (exact) mass is 419 g/mol. The van der Waals surface area contributed by atoms with Crippen LogP contribution in [0.25, 0.3) is 33.5 Å². The molecule has 0 bridgehead atoms. The van der Waals surface area contributed by atoms with Gasteiger partial charge in [0.2, 0.25) is 15.0 Å². The number of fused-ring (bicyclic) bond motifs is 1. The smallest absolute Gasteiger partial charge is 0.261 e. The predicted molar refractivity (Wildman–Crippen MR) is 98.5 cm³/mol. The Kier molecular flexibility index (Phi) is 4.34. The number of pyridine rings is 1. The Labute approximate surface area is 162 Å². The van der Waals surface area contributed by atoms with Gasteiger partial charge < -0.3 is 0 Å². The van der Waals surface area contributed by atoms with Gasteiger partial charge in [-0.05, 0) is 24.3 Å². The van der Waals surface area contributed by atoms with E-state index in [1.54, 1.807) is 6.07 Å². The Balaban J connectivity index is 1.99. The normalized spacial score (nSPS) is 12.4. The molecule has 0 saturated heterocycles. The maximum atomic E-state index is 13.2. The Morgan fingerprint density at radius 1 is 1.07 bits per heavy atom. The second-order valence-electron chi connectivity index (χ2n) is 6.27. The molecule has 0 aliphatic rings. The van der Waals surface area contributed by atoms with E-state index >= 15 is 0 Å². The molecule has 148 valence electrons. The molecule has 4 rings (SSSR count). The van der Waals surface area contributed by atoms with E-state index in [-0.39, 0.29) is 17.0 Å². The lowest BCUT2D eigenvalue weighted by Gasteiger charge is -2.12. The van der Waals surface area contributed by atoms with Crippen LogP contribution in [0.3, 0.4) is 0 Å². The van der Waals surface area contributed by atoms with Crippen molar-refractivity contribution in [3.8, 4) is 22.5 Å². The Bertz CT molecular complexity index is 1330. The van der Waals surface area contributed by atoms with Crippen molar-refractivity contribution in [3.63, 3.8) is 0 Å². The van der Waals surface area contributed by atoms with Crippen molar-refractivity contribution in [1.29, 1.82) is 0 Å². The number of benzene rings is 1. The van der Waals surface area contributed by atoms with E-state index in [1.807, 2.05) is 0 Å². The number of rotatable bonds is 3. The van der Waals surface area contributed by atoms with Crippen LogP contribution in [0.4, 0.5) is 13.2 Å². The molecule has 0 saturated carbocycles. The summed E-state index contributed by atoms with van der Waals surface area (Å²) in [6.07, 6.45) is -0.779. The van der Waals surface area contributed by atoms with Crippen molar-refractivity contribution in [3.05, 3.63) is 54.4 Å². The summed E-state index contributed by atoms with van der Waals surface area (Å²) in [6.45, 7) is 0. The third-order valence-corrected chi connectivity index (χ3v) is 4.99. The fourth-order valence-electron chi connectivity index (χ4n) is 2.81. The number of nitrogens with zero attached hydrogens (tertiary/aromatic N) is 4. The molecule has 0 spiro atoms. The van der Waals surface area contributed by atoms with Crippen LogP contribution in [0.2, 0.25) is 0 Å². The summed E-state index contributed by atoms with van der Waals surface area (Å²) in [4.78, 5) is 12.2. The van der Waals surface area contributed by atoms with E-state index in [2.05, 4.69) is 25.1 Å². The first-order chi connectivity index (χ1) is 13.6. The quantitative estimate of drug-likeness (QED) is 0.510. The summed E-state index contributed by atoms with van der Waals surface area (Å²) in [5.41, 5.74) is 0.510. The van der Waals surface area contributed by atoms with Gasteiger partial charge in [0.15, 0.2) is 5.65 Å². The first-order valence-corrected chi connectivity index (χ1v) is 10.1. The molecule has 29 heavy (non-hydrogen) atoms. The van der Waals surface area contributed by atoms with Gasteiger partial charge in [0.1, 0.15) is 0 Å². The van der Waals surface area contributed by atoms with Crippen LogP contribution in [-0.2, 0) is 16.0 Å². The van der Waals surface area contributed by atoms with Crippen LogP contribution in [0.5, 0.6) is 0 Å².